The second kappa shape index (κ2) is 10.9. The van der Waals surface area contributed by atoms with Crippen LogP contribution in [0.3, 0.4) is 0 Å². The SMILES string of the molecule is CCN1C(=O)C2CC=C3C(CC4C(=O)N(c5cc(-c6sc7ccc(Cl)cc7c6C)nn5C)C(=O)C4(C)C3c3cc(C)c(O)c(C)c3)C2C1=O. The molecule has 3 fully saturated rings. The molecule has 2 aromatic carbocycles. The fraction of sp³-hybridized carbons (Fsp3) is 0.395. The van der Waals surface area contributed by atoms with Gasteiger partial charge in [-0.25, -0.2) is 4.90 Å². The van der Waals surface area contributed by atoms with Gasteiger partial charge in [-0.3, -0.25) is 28.8 Å². The molecular formula is C38H37ClN4O5S. The fourth-order valence-electron chi connectivity index (χ4n) is 9.36. The summed E-state index contributed by atoms with van der Waals surface area (Å²) >= 11 is 7.88. The van der Waals surface area contributed by atoms with Crippen molar-refractivity contribution in [1.82, 2.24) is 14.7 Å². The molecule has 49 heavy (non-hydrogen) atoms. The molecule has 2 saturated heterocycles. The Hall–Kier alpha value is -4.28. The molecule has 4 amide bonds. The zero-order chi connectivity index (χ0) is 34.8. The van der Waals surface area contributed by atoms with Crippen LogP contribution in [0.5, 0.6) is 5.75 Å². The van der Waals surface area contributed by atoms with Crippen LogP contribution in [0.1, 0.15) is 54.9 Å². The van der Waals surface area contributed by atoms with Crippen molar-refractivity contribution in [3.63, 3.8) is 0 Å². The summed E-state index contributed by atoms with van der Waals surface area (Å²) < 4.78 is 2.65. The Balaban J connectivity index is 1.27. The molecule has 1 N–H and O–H groups in total. The number of fused-ring (bicyclic) bond motifs is 5. The minimum absolute atomic E-state index is 0.161. The first kappa shape index (κ1) is 32.0. The number of amides is 4. The number of imide groups is 2. The third kappa shape index (κ3) is 4.26. The Labute approximate surface area is 293 Å². The van der Waals surface area contributed by atoms with Crippen LogP contribution in [0.15, 0.2) is 48.0 Å². The lowest BCUT2D eigenvalue weighted by atomic mass is 9.51. The largest absolute Gasteiger partial charge is 0.507 e. The van der Waals surface area contributed by atoms with E-state index >= 15 is 0 Å². The molecule has 11 heteroatoms. The van der Waals surface area contributed by atoms with E-state index in [9.17, 15) is 24.3 Å². The maximum atomic E-state index is 15.0. The van der Waals surface area contributed by atoms with E-state index in [2.05, 4.69) is 6.08 Å². The summed E-state index contributed by atoms with van der Waals surface area (Å²) in [6.45, 7) is 9.65. The Bertz CT molecular complexity index is 2180. The molecule has 0 spiro atoms. The summed E-state index contributed by atoms with van der Waals surface area (Å²) in [5.74, 6) is -3.17. The minimum atomic E-state index is -1.19. The molecule has 6 atom stereocenters. The zero-order valence-electron chi connectivity index (χ0n) is 28.2. The Kier molecular flexibility index (Phi) is 7.08. The number of aromatic hydroxyl groups is 1. The Morgan fingerprint density at radius 2 is 1.71 bits per heavy atom. The first-order valence-electron chi connectivity index (χ1n) is 16.7. The van der Waals surface area contributed by atoms with E-state index in [1.807, 2.05) is 58.0 Å². The number of phenols is 1. The van der Waals surface area contributed by atoms with Crippen LogP contribution in [-0.2, 0) is 26.2 Å². The minimum Gasteiger partial charge on any atom is -0.507 e. The molecule has 2 aromatic heterocycles. The molecule has 2 aliphatic carbocycles. The molecule has 2 aliphatic heterocycles. The standard InChI is InChI=1S/C38H37ClN4O5S/c1-7-42-34(45)23-10-9-22-25(30(23)36(42)47)15-26-35(46)43(37(48)38(26,5)31(22)20-12-17(2)32(44)18(3)13-20)29-16-27(40-41(29)6)33-19(4)24-14-21(39)8-11-28(24)49-33/h8-9,11-14,16,23,25-26,30-31,44H,7,10,15H2,1-6H3. The summed E-state index contributed by atoms with van der Waals surface area (Å²) in [6.07, 6.45) is 2.75. The van der Waals surface area contributed by atoms with Crippen molar-refractivity contribution in [3.8, 4) is 16.3 Å². The van der Waals surface area contributed by atoms with Crippen LogP contribution >= 0.6 is 22.9 Å². The van der Waals surface area contributed by atoms with E-state index in [4.69, 9.17) is 16.7 Å². The monoisotopic (exact) mass is 696 g/mol. The number of anilines is 1. The summed E-state index contributed by atoms with van der Waals surface area (Å²) in [6, 6.07) is 11.4. The number of carbonyl (C=O) groups excluding carboxylic acids is 4. The zero-order valence-corrected chi connectivity index (χ0v) is 29.8. The Morgan fingerprint density at radius 3 is 2.41 bits per heavy atom. The smallest absolute Gasteiger partial charge is 0.242 e. The first-order valence-corrected chi connectivity index (χ1v) is 17.9. The number of rotatable bonds is 4. The van der Waals surface area contributed by atoms with Crippen LogP contribution in [0, 0.1) is 49.9 Å². The fourth-order valence-corrected chi connectivity index (χ4v) is 10.7. The number of likely N-dealkylation sites (tertiary alicyclic amines) is 1. The highest BCUT2D eigenvalue weighted by molar-refractivity contribution is 7.22. The van der Waals surface area contributed by atoms with Crippen molar-refractivity contribution in [3.05, 3.63) is 75.3 Å². The highest BCUT2D eigenvalue weighted by Crippen LogP contribution is 2.64. The average molecular weight is 697 g/mol. The van der Waals surface area contributed by atoms with E-state index in [1.165, 1.54) is 9.80 Å². The number of allylic oxidation sites excluding steroid dienone is 2. The Morgan fingerprint density at radius 1 is 1.00 bits per heavy atom. The number of phenolic OH excluding ortho intramolecular Hbond substituents is 1. The third-order valence-electron chi connectivity index (χ3n) is 11.7. The van der Waals surface area contributed by atoms with Gasteiger partial charge in [0.05, 0.1) is 28.0 Å². The predicted octanol–water partition coefficient (Wildman–Crippen LogP) is 6.84. The van der Waals surface area contributed by atoms with E-state index < -0.39 is 29.1 Å². The molecule has 9 nitrogen and oxygen atoms in total. The van der Waals surface area contributed by atoms with Crippen LogP contribution in [-0.4, -0.2) is 50.0 Å². The molecule has 0 radical (unpaired) electrons. The highest BCUT2D eigenvalue weighted by Gasteiger charge is 2.68. The number of aryl methyl sites for hydroxylation is 4. The number of aromatic nitrogens is 2. The number of nitrogens with zero attached hydrogens (tertiary/aromatic N) is 4. The van der Waals surface area contributed by atoms with Crippen molar-refractivity contribution in [2.45, 2.75) is 53.4 Å². The molecule has 8 rings (SSSR count). The van der Waals surface area contributed by atoms with E-state index in [-0.39, 0.29) is 41.7 Å². The topological polar surface area (TPSA) is 113 Å². The van der Waals surface area contributed by atoms with Crippen molar-refractivity contribution in [2.75, 3.05) is 11.4 Å². The van der Waals surface area contributed by atoms with Gasteiger partial charge in [-0.1, -0.05) is 35.4 Å². The highest BCUT2D eigenvalue weighted by atomic mass is 35.5. The van der Waals surface area contributed by atoms with Crippen molar-refractivity contribution in [1.29, 1.82) is 0 Å². The van der Waals surface area contributed by atoms with Gasteiger partial charge in [-0.05, 0) is 99.2 Å². The van der Waals surface area contributed by atoms with Gasteiger partial charge in [0.2, 0.25) is 23.6 Å². The molecule has 4 heterocycles. The maximum Gasteiger partial charge on any atom is 0.242 e. The normalized spacial score (nSPS) is 28.0. The second-order valence-corrected chi connectivity index (χ2v) is 15.8. The van der Waals surface area contributed by atoms with Crippen LogP contribution in [0.2, 0.25) is 5.02 Å². The summed E-state index contributed by atoms with van der Waals surface area (Å²) in [5.41, 5.74) is 3.56. The molecule has 1 saturated carbocycles. The van der Waals surface area contributed by atoms with Crippen molar-refractivity contribution >= 4 is 62.5 Å². The van der Waals surface area contributed by atoms with Gasteiger partial charge in [0.25, 0.3) is 0 Å². The molecule has 6 unspecified atom stereocenters. The second-order valence-electron chi connectivity index (χ2n) is 14.3. The summed E-state index contributed by atoms with van der Waals surface area (Å²) in [5, 5.41) is 17.2. The quantitative estimate of drug-likeness (QED) is 0.185. The van der Waals surface area contributed by atoms with Crippen LogP contribution in [0.25, 0.3) is 20.7 Å². The lowest BCUT2D eigenvalue weighted by Crippen LogP contribution is -2.49. The van der Waals surface area contributed by atoms with Crippen molar-refractivity contribution < 1.29 is 24.3 Å². The number of halogens is 1. The van der Waals surface area contributed by atoms with Crippen LogP contribution < -0.4 is 4.90 Å². The molecule has 4 aromatic rings. The number of hydrogen-bond donors (Lipinski definition) is 1. The van der Waals surface area contributed by atoms with Gasteiger partial charge in [-0.2, -0.15) is 5.10 Å². The predicted molar refractivity (Wildman–Crippen MR) is 188 cm³/mol. The van der Waals surface area contributed by atoms with Crippen LogP contribution in [0.4, 0.5) is 5.82 Å². The lowest BCUT2D eigenvalue weighted by molar-refractivity contribution is -0.140. The van der Waals surface area contributed by atoms with Gasteiger partial charge < -0.3 is 5.11 Å². The number of benzene rings is 2. The summed E-state index contributed by atoms with van der Waals surface area (Å²) in [4.78, 5) is 60.4. The van der Waals surface area contributed by atoms with E-state index in [0.717, 1.165) is 31.7 Å². The maximum absolute atomic E-state index is 15.0. The molecule has 4 aliphatic rings. The van der Waals surface area contributed by atoms with Gasteiger partial charge >= 0.3 is 0 Å². The van der Waals surface area contributed by atoms with Gasteiger partial charge in [0.1, 0.15) is 17.3 Å². The molecular weight excluding hydrogens is 660 g/mol. The van der Waals surface area contributed by atoms with E-state index in [1.54, 1.807) is 36.1 Å². The third-order valence-corrected chi connectivity index (χ3v) is 13.3. The molecule has 0 bridgehead atoms. The van der Waals surface area contributed by atoms with Gasteiger partial charge in [0.15, 0.2) is 0 Å². The van der Waals surface area contributed by atoms with Crippen molar-refractivity contribution in [2.24, 2.45) is 36.1 Å². The van der Waals surface area contributed by atoms with Gasteiger partial charge in [0, 0.05) is 35.3 Å². The number of hydrogen-bond acceptors (Lipinski definition) is 7. The average Bonchev–Trinajstić information content (AvgIpc) is 3.73. The number of thiophene rings is 1. The lowest BCUT2D eigenvalue weighted by Gasteiger charge is -2.49. The molecule has 252 valence electrons. The first-order chi connectivity index (χ1) is 23.3. The van der Waals surface area contributed by atoms with E-state index in [0.29, 0.717) is 40.6 Å². The summed E-state index contributed by atoms with van der Waals surface area (Å²) in [7, 11) is 1.74. The number of carbonyl (C=O) groups is 4. The van der Waals surface area contributed by atoms with Gasteiger partial charge in [-0.15, -0.1) is 11.3 Å².